The summed E-state index contributed by atoms with van der Waals surface area (Å²) < 4.78 is 17.5. The second-order valence-corrected chi connectivity index (χ2v) is 8.15. The Bertz CT molecular complexity index is 380. The van der Waals surface area contributed by atoms with E-state index in [1.54, 1.807) is 21.3 Å². The van der Waals surface area contributed by atoms with Crippen LogP contribution in [0.1, 0.15) is 5.56 Å². The lowest BCUT2D eigenvalue weighted by molar-refractivity contribution is -0.883. The SMILES string of the molecule is CO[Si](OC)(OC)c1ccccc1C[N+](C)(C)C.[OH-]. The van der Waals surface area contributed by atoms with Crippen molar-refractivity contribution in [3.05, 3.63) is 29.8 Å². The van der Waals surface area contributed by atoms with Gasteiger partial charge in [-0.3, -0.25) is 0 Å². The molecule has 1 aromatic rings. The van der Waals surface area contributed by atoms with Gasteiger partial charge in [0.05, 0.1) is 21.1 Å². The summed E-state index contributed by atoms with van der Waals surface area (Å²) in [5.74, 6) is 0. The lowest BCUT2D eigenvalue weighted by atomic mass is 10.2. The maximum absolute atomic E-state index is 5.56. The quantitative estimate of drug-likeness (QED) is 0.574. The van der Waals surface area contributed by atoms with E-state index in [0.29, 0.717) is 0 Å². The fourth-order valence-electron chi connectivity index (χ4n) is 2.05. The molecule has 0 saturated heterocycles. The van der Waals surface area contributed by atoms with Crippen LogP contribution in [0.25, 0.3) is 0 Å². The van der Waals surface area contributed by atoms with Gasteiger partial charge in [-0.05, 0) is 0 Å². The highest BCUT2D eigenvalue weighted by molar-refractivity contribution is 6.75. The smallest absolute Gasteiger partial charge is 0.536 e. The first kappa shape index (κ1) is 18.2. The van der Waals surface area contributed by atoms with Gasteiger partial charge >= 0.3 is 8.80 Å². The number of benzene rings is 1. The topological polar surface area (TPSA) is 57.7 Å². The average molecular weight is 287 g/mol. The van der Waals surface area contributed by atoms with Crippen molar-refractivity contribution in [3.8, 4) is 0 Å². The van der Waals surface area contributed by atoms with Crippen molar-refractivity contribution in [3.63, 3.8) is 0 Å². The molecule has 1 rings (SSSR count). The normalized spacial score (nSPS) is 12.1. The van der Waals surface area contributed by atoms with Crippen LogP contribution in [0.3, 0.4) is 0 Å². The van der Waals surface area contributed by atoms with Crippen molar-refractivity contribution < 1.29 is 23.2 Å². The van der Waals surface area contributed by atoms with Crippen LogP contribution in [0.5, 0.6) is 0 Å². The summed E-state index contributed by atoms with van der Waals surface area (Å²) in [5, 5.41) is 1.05. The van der Waals surface area contributed by atoms with E-state index in [2.05, 4.69) is 27.2 Å². The third-order valence-electron chi connectivity index (χ3n) is 2.80. The Hall–Kier alpha value is -0.763. The van der Waals surface area contributed by atoms with E-state index in [1.165, 1.54) is 5.56 Å². The zero-order valence-corrected chi connectivity index (χ0v) is 13.6. The molecule has 0 amide bonds. The molecule has 0 aliphatic rings. The van der Waals surface area contributed by atoms with Gasteiger partial charge in [0, 0.05) is 32.1 Å². The van der Waals surface area contributed by atoms with Crippen molar-refractivity contribution >= 4 is 14.0 Å². The van der Waals surface area contributed by atoms with Crippen molar-refractivity contribution in [1.82, 2.24) is 0 Å². The lowest BCUT2D eigenvalue weighted by Gasteiger charge is -2.29. The summed E-state index contributed by atoms with van der Waals surface area (Å²) in [6.45, 7) is 0.904. The molecule has 0 aliphatic carbocycles. The predicted molar refractivity (Wildman–Crippen MR) is 76.5 cm³/mol. The van der Waals surface area contributed by atoms with Gasteiger partial charge in [0.1, 0.15) is 6.54 Å². The maximum atomic E-state index is 5.56. The van der Waals surface area contributed by atoms with Crippen molar-refractivity contribution in [2.45, 2.75) is 6.54 Å². The lowest BCUT2D eigenvalue weighted by Crippen LogP contribution is -2.56. The van der Waals surface area contributed by atoms with E-state index in [0.717, 1.165) is 16.2 Å². The van der Waals surface area contributed by atoms with Crippen LogP contribution in [0.15, 0.2) is 24.3 Å². The van der Waals surface area contributed by atoms with E-state index in [4.69, 9.17) is 13.3 Å². The van der Waals surface area contributed by atoms with Gasteiger partial charge in [0.15, 0.2) is 0 Å². The second kappa shape index (κ2) is 7.13. The summed E-state index contributed by atoms with van der Waals surface area (Å²) in [4.78, 5) is 0. The van der Waals surface area contributed by atoms with E-state index in [9.17, 15) is 0 Å². The number of hydrogen-bond acceptors (Lipinski definition) is 4. The first-order chi connectivity index (χ1) is 8.38. The molecule has 0 aromatic heterocycles. The monoisotopic (exact) mass is 287 g/mol. The largest absolute Gasteiger partial charge is 0.870 e. The molecule has 110 valence electrons. The number of nitrogens with zero attached hydrogens (tertiary/aromatic N) is 1. The predicted octanol–water partition coefficient (Wildman–Crippen LogP) is 0.801. The minimum absolute atomic E-state index is 0. The molecular formula is C13H25NO4Si. The Labute approximate surface area is 117 Å². The molecule has 5 nitrogen and oxygen atoms in total. The van der Waals surface area contributed by atoms with Crippen LogP contribution in [0, 0.1) is 0 Å². The molecule has 1 aromatic carbocycles. The van der Waals surface area contributed by atoms with Crippen LogP contribution in [0.4, 0.5) is 0 Å². The number of rotatable bonds is 6. The average Bonchev–Trinajstić information content (AvgIpc) is 2.32. The van der Waals surface area contributed by atoms with Gasteiger partial charge in [-0.25, -0.2) is 0 Å². The summed E-state index contributed by atoms with van der Waals surface area (Å²) in [7, 11) is 8.65. The molecule has 0 aliphatic heterocycles. The fourth-order valence-corrected chi connectivity index (χ4v) is 4.06. The molecule has 0 unspecified atom stereocenters. The third kappa shape index (κ3) is 4.38. The molecule has 1 N–H and O–H groups in total. The molecule has 6 heteroatoms. The Balaban J connectivity index is 0.00000324. The van der Waals surface area contributed by atoms with Crippen LogP contribution in [-0.2, 0) is 19.8 Å². The van der Waals surface area contributed by atoms with E-state index < -0.39 is 8.80 Å². The molecule has 0 atom stereocenters. The molecule has 0 spiro atoms. The fraction of sp³-hybridized carbons (Fsp3) is 0.538. The first-order valence-electron chi connectivity index (χ1n) is 5.93. The van der Waals surface area contributed by atoms with Gasteiger partial charge in [0.25, 0.3) is 0 Å². The highest BCUT2D eigenvalue weighted by Crippen LogP contribution is 2.13. The molecule has 0 saturated carbocycles. The van der Waals surface area contributed by atoms with Crippen LogP contribution in [-0.4, -0.2) is 61.2 Å². The zero-order valence-electron chi connectivity index (χ0n) is 12.6. The van der Waals surface area contributed by atoms with Crippen molar-refractivity contribution in [2.75, 3.05) is 42.5 Å². The Morgan fingerprint density at radius 1 is 0.947 bits per heavy atom. The van der Waals surface area contributed by atoms with Gasteiger partial charge in [-0.15, -0.1) is 0 Å². The summed E-state index contributed by atoms with van der Waals surface area (Å²) in [6.07, 6.45) is 0. The van der Waals surface area contributed by atoms with Gasteiger partial charge in [0.2, 0.25) is 0 Å². The molecule has 0 radical (unpaired) electrons. The summed E-state index contributed by atoms with van der Waals surface area (Å²) >= 11 is 0. The molecular weight excluding hydrogens is 262 g/mol. The Morgan fingerprint density at radius 3 is 1.84 bits per heavy atom. The van der Waals surface area contributed by atoms with E-state index in [-0.39, 0.29) is 5.48 Å². The summed E-state index contributed by atoms with van der Waals surface area (Å²) in [6, 6.07) is 8.17. The second-order valence-electron chi connectivity index (χ2n) is 5.27. The van der Waals surface area contributed by atoms with Gasteiger partial charge in [-0.1, -0.05) is 24.3 Å². The van der Waals surface area contributed by atoms with Crippen molar-refractivity contribution in [2.24, 2.45) is 0 Å². The molecule has 0 heterocycles. The minimum atomic E-state index is -2.75. The van der Waals surface area contributed by atoms with Gasteiger partial charge in [-0.2, -0.15) is 0 Å². The molecule has 19 heavy (non-hydrogen) atoms. The molecule has 0 bridgehead atoms. The number of quaternary nitrogens is 1. The Morgan fingerprint density at radius 2 is 1.42 bits per heavy atom. The van der Waals surface area contributed by atoms with Crippen LogP contribution >= 0.6 is 0 Å². The minimum Gasteiger partial charge on any atom is -0.870 e. The van der Waals surface area contributed by atoms with E-state index >= 15 is 0 Å². The Kier molecular flexibility index (Phi) is 6.85. The highest BCUT2D eigenvalue weighted by Gasteiger charge is 2.43. The number of hydrogen-bond donors (Lipinski definition) is 0. The van der Waals surface area contributed by atoms with Crippen LogP contribution < -0.4 is 5.19 Å². The van der Waals surface area contributed by atoms with Crippen LogP contribution in [0.2, 0.25) is 0 Å². The van der Waals surface area contributed by atoms with Gasteiger partial charge < -0.3 is 23.2 Å². The summed E-state index contributed by atoms with van der Waals surface area (Å²) in [5.41, 5.74) is 1.21. The van der Waals surface area contributed by atoms with Crippen molar-refractivity contribution in [1.29, 1.82) is 0 Å². The molecule has 0 fully saturated rings. The third-order valence-corrected chi connectivity index (χ3v) is 5.56. The van der Waals surface area contributed by atoms with E-state index in [1.807, 2.05) is 18.2 Å². The standard InChI is InChI=1S/C13H24NO3Si.H2O/c1-14(2,3)11-12-9-7-8-10-13(12)18(15-4,16-5)17-6;/h7-10H,11H2,1-6H3;1H2/q+1;/p-1. The first-order valence-corrected chi connectivity index (χ1v) is 7.65. The highest BCUT2D eigenvalue weighted by atomic mass is 28.4. The zero-order chi connectivity index (χ0) is 13.8. The maximum Gasteiger partial charge on any atom is 0.536 e.